The van der Waals surface area contributed by atoms with Gasteiger partial charge in [-0.25, -0.2) is 9.69 Å². The number of hydrogen-bond acceptors (Lipinski definition) is 3. The van der Waals surface area contributed by atoms with Crippen molar-refractivity contribution in [2.24, 2.45) is 5.92 Å². The van der Waals surface area contributed by atoms with Crippen molar-refractivity contribution >= 4 is 23.5 Å². The summed E-state index contributed by atoms with van der Waals surface area (Å²) in [6.45, 7) is 0.541. The van der Waals surface area contributed by atoms with Gasteiger partial charge in [0.05, 0.1) is 11.7 Å². The Balaban J connectivity index is 1.58. The Bertz CT molecular complexity index is 684. The van der Waals surface area contributed by atoms with Gasteiger partial charge >= 0.3 is 6.03 Å². The maximum atomic E-state index is 13.1. The van der Waals surface area contributed by atoms with Crippen molar-refractivity contribution in [2.45, 2.75) is 50.6 Å². The molecule has 4 amide bonds. The molecule has 0 radical (unpaired) electrons. The second-order valence-electron chi connectivity index (χ2n) is 7.17. The van der Waals surface area contributed by atoms with E-state index in [1.54, 1.807) is 29.2 Å². The van der Waals surface area contributed by atoms with Crippen LogP contribution in [-0.4, -0.2) is 41.4 Å². The molecule has 1 N–H and O–H groups in total. The Hall–Kier alpha value is -2.37. The molecule has 0 unspecified atom stereocenters. The molecule has 6 nitrogen and oxygen atoms in total. The molecule has 3 fully saturated rings. The Morgan fingerprint density at radius 2 is 1.72 bits per heavy atom. The molecule has 2 heterocycles. The van der Waals surface area contributed by atoms with Gasteiger partial charge in [-0.3, -0.25) is 9.59 Å². The number of nitrogens with one attached hydrogen (secondary N) is 1. The summed E-state index contributed by atoms with van der Waals surface area (Å²) >= 11 is 0. The van der Waals surface area contributed by atoms with Gasteiger partial charge in [0, 0.05) is 12.5 Å². The van der Waals surface area contributed by atoms with E-state index in [0.717, 1.165) is 25.7 Å². The average Bonchev–Trinajstić information content (AvgIpc) is 3.06. The van der Waals surface area contributed by atoms with E-state index in [1.165, 1.54) is 11.3 Å². The van der Waals surface area contributed by atoms with E-state index in [0.29, 0.717) is 18.7 Å². The second kappa shape index (κ2) is 6.50. The number of para-hydroxylation sites is 1. The zero-order chi connectivity index (χ0) is 17.4. The summed E-state index contributed by atoms with van der Waals surface area (Å²) in [6, 6.07) is 7.65. The molecule has 2 atom stereocenters. The average molecular weight is 341 g/mol. The SMILES string of the molecule is O=C1N[C@@H]2CCN(C(=O)C3CCCCC3)[C@@H]2C(=O)N1c1ccccc1. The van der Waals surface area contributed by atoms with Crippen molar-refractivity contribution in [1.82, 2.24) is 10.2 Å². The van der Waals surface area contributed by atoms with E-state index < -0.39 is 12.1 Å². The molecule has 1 saturated carbocycles. The van der Waals surface area contributed by atoms with Crippen LogP contribution in [0.1, 0.15) is 38.5 Å². The minimum absolute atomic E-state index is 0.0307. The van der Waals surface area contributed by atoms with Crippen LogP contribution in [0.2, 0.25) is 0 Å². The van der Waals surface area contributed by atoms with Crippen molar-refractivity contribution in [3.8, 4) is 0 Å². The predicted octanol–water partition coefficient (Wildman–Crippen LogP) is 2.29. The molecule has 0 aromatic heterocycles. The number of hydrogen-bond donors (Lipinski definition) is 1. The monoisotopic (exact) mass is 341 g/mol. The van der Waals surface area contributed by atoms with Gasteiger partial charge in [-0.2, -0.15) is 0 Å². The summed E-state index contributed by atoms with van der Waals surface area (Å²) in [7, 11) is 0. The highest BCUT2D eigenvalue weighted by Crippen LogP contribution is 2.32. The summed E-state index contributed by atoms with van der Waals surface area (Å²) < 4.78 is 0. The minimum atomic E-state index is -0.577. The first kappa shape index (κ1) is 16.1. The largest absolute Gasteiger partial charge is 0.332 e. The molecular weight excluding hydrogens is 318 g/mol. The third kappa shape index (κ3) is 2.79. The van der Waals surface area contributed by atoms with Crippen molar-refractivity contribution in [3.63, 3.8) is 0 Å². The first-order chi connectivity index (χ1) is 12.2. The number of rotatable bonds is 2. The van der Waals surface area contributed by atoms with Crippen LogP contribution in [0.4, 0.5) is 10.5 Å². The fraction of sp³-hybridized carbons (Fsp3) is 0.526. The van der Waals surface area contributed by atoms with Crippen LogP contribution in [0.15, 0.2) is 30.3 Å². The van der Waals surface area contributed by atoms with Gasteiger partial charge in [0.2, 0.25) is 5.91 Å². The quantitative estimate of drug-likeness (QED) is 0.897. The topological polar surface area (TPSA) is 69.7 Å². The number of benzene rings is 1. The highest BCUT2D eigenvalue weighted by molar-refractivity contribution is 6.19. The number of fused-ring (bicyclic) bond motifs is 1. The maximum Gasteiger partial charge on any atom is 0.329 e. The van der Waals surface area contributed by atoms with Gasteiger partial charge in [0.25, 0.3) is 5.91 Å². The summed E-state index contributed by atoms with van der Waals surface area (Å²) in [5.41, 5.74) is 0.542. The van der Waals surface area contributed by atoms with Crippen molar-refractivity contribution in [2.75, 3.05) is 11.4 Å². The predicted molar refractivity (Wildman–Crippen MR) is 92.9 cm³/mol. The molecule has 25 heavy (non-hydrogen) atoms. The fourth-order valence-corrected chi connectivity index (χ4v) is 4.36. The minimum Gasteiger partial charge on any atom is -0.332 e. The van der Waals surface area contributed by atoms with E-state index in [4.69, 9.17) is 0 Å². The Labute approximate surface area is 147 Å². The zero-order valence-corrected chi connectivity index (χ0v) is 14.2. The third-order valence-corrected chi connectivity index (χ3v) is 5.64. The molecule has 1 aromatic carbocycles. The number of carbonyl (C=O) groups is 3. The number of carbonyl (C=O) groups excluding carboxylic acids is 3. The molecule has 1 aromatic rings. The number of imide groups is 1. The van der Waals surface area contributed by atoms with Gasteiger partial charge in [-0.15, -0.1) is 0 Å². The number of anilines is 1. The molecule has 2 aliphatic heterocycles. The lowest BCUT2D eigenvalue weighted by atomic mass is 9.88. The van der Waals surface area contributed by atoms with E-state index in [-0.39, 0.29) is 23.8 Å². The number of likely N-dealkylation sites (tertiary alicyclic amines) is 1. The van der Waals surface area contributed by atoms with Gasteiger partial charge in [0.1, 0.15) is 6.04 Å². The van der Waals surface area contributed by atoms with Crippen molar-refractivity contribution in [3.05, 3.63) is 30.3 Å². The second-order valence-corrected chi connectivity index (χ2v) is 7.17. The van der Waals surface area contributed by atoms with Crippen LogP contribution in [0, 0.1) is 5.92 Å². The molecule has 2 saturated heterocycles. The summed E-state index contributed by atoms with van der Waals surface area (Å²) in [4.78, 5) is 41.4. The molecular formula is C19H23N3O3. The van der Waals surface area contributed by atoms with Crippen LogP contribution < -0.4 is 10.2 Å². The molecule has 1 aliphatic carbocycles. The Morgan fingerprint density at radius 3 is 2.44 bits per heavy atom. The zero-order valence-electron chi connectivity index (χ0n) is 14.2. The van der Waals surface area contributed by atoms with Crippen LogP contribution in [-0.2, 0) is 9.59 Å². The summed E-state index contributed by atoms with van der Waals surface area (Å²) in [5.74, 6) is -0.172. The maximum absolute atomic E-state index is 13.1. The standard InChI is InChI=1S/C19H23N3O3/c23-17(13-7-3-1-4-8-13)21-12-11-15-16(21)18(24)22(19(25)20-15)14-9-5-2-6-10-14/h2,5-6,9-10,13,15-16H,1,3-4,7-8,11-12H2,(H,20,25)/t15-,16+/m1/s1. The molecule has 3 aliphatic rings. The molecule has 0 bridgehead atoms. The summed E-state index contributed by atoms with van der Waals surface area (Å²) in [6.07, 6.45) is 5.82. The molecule has 6 heteroatoms. The highest BCUT2D eigenvalue weighted by Gasteiger charge is 2.50. The number of amides is 4. The third-order valence-electron chi connectivity index (χ3n) is 5.64. The number of nitrogens with zero attached hydrogens (tertiary/aromatic N) is 2. The summed E-state index contributed by atoms with van der Waals surface area (Å²) in [5, 5.41) is 2.92. The Morgan fingerprint density at radius 1 is 1.00 bits per heavy atom. The normalized spacial score (nSPS) is 27.2. The van der Waals surface area contributed by atoms with Gasteiger partial charge in [0.15, 0.2) is 0 Å². The first-order valence-corrected chi connectivity index (χ1v) is 9.17. The van der Waals surface area contributed by atoms with Gasteiger partial charge < -0.3 is 10.2 Å². The van der Waals surface area contributed by atoms with Crippen molar-refractivity contribution in [1.29, 1.82) is 0 Å². The van der Waals surface area contributed by atoms with E-state index in [1.807, 2.05) is 6.07 Å². The smallest absolute Gasteiger partial charge is 0.329 e. The lowest BCUT2D eigenvalue weighted by Gasteiger charge is -2.38. The van der Waals surface area contributed by atoms with Gasteiger partial charge in [-0.1, -0.05) is 37.5 Å². The number of urea groups is 1. The van der Waals surface area contributed by atoms with Crippen LogP contribution >= 0.6 is 0 Å². The lowest BCUT2D eigenvalue weighted by Crippen LogP contribution is -2.65. The van der Waals surface area contributed by atoms with Crippen LogP contribution in [0.25, 0.3) is 0 Å². The molecule has 4 rings (SSSR count). The first-order valence-electron chi connectivity index (χ1n) is 9.17. The van der Waals surface area contributed by atoms with Crippen LogP contribution in [0.5, 0.6) is 0 Å². The Kier molecular flexibility index (Phi) is 4.19. The van der Waals surface area contributed by atoms with E-state index in [2.05, 4.69) is 5.32 Å². The fourth-order valence-electron chi connectivity index (χ4n) is 4.36. The van der Waals surface area contributed by atoms with E-state index >= 15 is 0 Å². The molecule has 0 spiro atoms. The van der Waals surface area contributed by atoms with Crippen LogP contribution in [0.3, 0.4) is 0 Å². The highest BCUT2D eigenvalue weighted by atomic mass is 16.2. The van der Waals surface area contributed by atoms with E-state index in [9.17, 15) is 14.4 Å². The lowest BCUT2D eigenvalue weighted by molar-refractivity contribution is -0.142. The molecule has 132 valence electrons. The van der Waals surface area contributed by atoms with Gasteiger partial charge in [-0.05, 0) is 31.4 Å². The van der Waals surface area contributed by atoms with Crippen molar-refractivity contribution < 1.29 is 14.4 Å².